The first-order valence-electron chi connectivity index (χ1n) is 13.5. The molecule has 4 rings (SSSR count). The zero-order valence-electron chi connectivity index (χ0n) is 22.5. The summed E-state index contributed by atoms with van der Waals surface area (Å²) in [7, 11) is 0. The Kier molecular flexibility index (Phi) is 9.86. The largest absolute Gasteiger partial charge is 0.489 e. The number of ether oxygens (including phenoxy) is 1. The molecular weight excluding hydrogens is 513 g/mol. The molecule has 40 heavy (non-hydrogen) atoms. The second-order valence-electron chi connectivity index (χ2n) is 9.72. The number of piperidine rings is 1. The Balaban J connectivity index is 1.34. The molecule has 0 unspecified atom stereocenters. The number of likely N-dealkylation sites (tertiary alicyclic amines) is 1. The van der Waals surface area contributed by atoms with Crippen molar-refractivity contribution < 1.29 is 28.6 Å². The first-order chi connectivity index (χ1) is 19.4. The number of anilines is 1. The van der Waals surface area contributed by atoms with Crippen LogP contribution < -0.4 is 15.0 Å². The lowest BCUT2D eigenvalue weighted by Gasteiger charge is -2.31. The van der Waals surface area contributed by atoms with Gasteiger partial charge in [0.25, 0.3) is 5.91 Å². The van der Waals surface area contributed by atoms with Crippen molar-refractivity contribution in [2.24, 2.45) is 5.92 Å². The minimum atomic E-state index is -1.15. The van der Waals surface area contributed by atoms with Crippen molar-refractivity contribution >= 4 is 23.5 Å². The monoisotopic (exact) mass is 547 g/mol. The maximum atomic E-state index is 13.2. The van der Waals surface area contributed by atoms with Crippen LogP contribution in [0.3, 0.4) is 0 Å². The van der Waals surface area contributed by atoms with E-state index >= 15 is 0 Å². The summed E-state index contributed by atoms with van der Waals surface area (Å²) in [5.41, 5.74) is 2.01. The number of carboxylic acid groups (broad SMARTS) is 1. The maximum Gasteiger partial charge on any atom is 0.411 e. The lowest BCUT2D eigenvalue weighted by Crippen LogP contribution is -2.41. The minimum Gasteiger partial charge on any atom is -0.489 e. The van der Waals surface area contributed by atoms with Gasteiger partial charge in [-0.3, -0.25) is 14.5 Å². The van der Waals surface area contributed by atoms with Crippen LogP contribution in [0.4, 0.5) is 14.9 Å². The molecular formula is C31H34FN3O5. The van der Waals surface area contributed by atoms with Crippen molar-refractivity contribution in [1.82, 2.24) is 10.2 Å². The second kappa shape index (κ2) is 13.7. The molecule has 1 saturated heterocycles. The van der Waals surface area contributed by atoms with Gasteiger partial charge in [0.15, 0.2) is 5.78 Å². The molecule has 0 aliphatic carbocycles. The van der Waals surface area contributed by atoms with E-state index in [4.69, 9.17) is 4.74 Å². The number of benzene rings is 3. The molecule has 0 bridgehead atoms. The fourth-order valence-electron chi connectivity index (χ4n) is 4.86. The van der Waals surface area contributed by atoms with E-state index in [1.807, 2.05) is 30.3 Å². The highest BCUT2D eigenvalue weighted by atomic mass is 19.1. The first-order valence-corrected chi connectivity index (χ1v) is 13.5. The average Bonchev–Trinajstić information content (AvgIpc) is 2.97. The zero-order valence-corrected chi connectivity index (χ0v) is 22.5. The third-order valence-corrected chi connectivity index (χ3v) is 7.10. The van der Waals surface area contributed by atoms with E-state index in [2.05, 4.69) is 10.2 Å². The average molecular weight is 548 g/mol. The molecule has 0 saturated carbocycles. The van der Waals surface area contributed by atoms with Crippen LogP contribution >= 0.6 is 0 Å². The number of Topliss-reactive ketones (excluding diaryl/α,β-unsaturated/α-hetero) is 1. The molecule has 3 aromatic rings. The summed E-state index contributed by atoms with van der Waals surface area (Å²) in [6.45, 7) is 4.60. The summed E-state index contributed by atoms with van der Waals surface area (Å²) in [4.78, 5) is 41.1. The van der Waals surface area contributed by atoms with Crippen LogP contribution in [-0.4, -0.2) is 60.5 Å². The molecule has 0 spiro atoms. The standard InChI is InChI=1S/C31H34FN3O5/c1-2-35(31(38)39)28-13-12-26(40-21-22-6-4-3-5-7-22)20-27(28)30(37)33-16-19-34-17-14-24(15-18-34)29(36)23-8-10-25(32)11-9-23/h3-13,20,24H,2,14-19,21H2,1H3,(H,33,37)(H,38,39). The Bertz CT molecular complexity index is 1310. The molecule has 1 aliphatic heterocycles. The Morgan fingerprint density at radius 1 is 1.02 bits per heavy atom. The van der Waals surface area contributed by atoms with Crippen LogP contribution in [0.25, 0.3) is 0 Å². The Labute approximate surface area is 233 Å². The van der Waals surface area contributed by atoms with Gasteiger partial charge in [0.1, 0.15) is 18.2 Å². The van der Waals surface area contributed by atoms with E-state index in [9.17, 15) is 23.9 Å². The van der Waals surface area contributed by atoms with Crippen molar-refractivity contribution in [3.63, 3.8) is 0 Å². The molecule has 1 heterocycles. The maximum absolute atomic E-state index is 13.2. The van der Waals surface area contributed by atoms with Crippen molar-refractivity contribution in [3.8, 4) is 5.75 Å². The molecule has 1 aliphatic rings. The lowest BCUT2D eigenvalue weighted by atomic mass is 9.89. The number of ketones is 1. The molecule has 3 aromatic carbocycles. The van der Waals surface area contributed by atoms with E-state index in [0.29, 0.717) is 62.6 Å². The molecule has 1 fully saturated rings. The van der Waals surface area contributed by atoms with Gasteiger partial charge in [-0.2, -0.15) is 0 Å². The van der Waals surface area contributed by atoms with E-state index < -0.39 is 6.09 Å². The summed E-state index contributed by atoms with van der Waals surface area (Å²) < 4.78 is 19.1. The minimum absolute atomic E-state index is 0.0359. The molecule has 0 aromatic heterocycles. The first kappa shape index (κ1) is 28.8. The van der Waals surface area contributed by atoms with Crippen LogP contribution in [0.1, 0.15) is 46.0 Å². The van der Waals surface area contributed by atoms with Gasteiger partial charge >= 0.3 is 6.09 Å². The number of halogens is 1. The van der Waals surface area contributed by atoms with Gasteiger partial charge in [-0.1, -0.05) is 30.3 Å². The molecule has 2 amide bonds. The highest BCUT2D eigenvalue weighted by Gasteiger charge is 2.26. The van der Waals surface area contributed by atoms with Gasteiger partial charge in [0, 0.05) is 31.1 Å². The zero-order chi connectivity index (χ0) is 28.5. The number of carbonyl (C=O) groups is 3. The van der Waals surface area contributed by atoms with Gasteiger partial charge in [-0.25, -0.2) is 9.18 Å². The Morgan fingerprint density at radius 3 is 2.38 bits per heavy atom. The molecule has 0 atom stereocenters. The third-order valence-electron chi connectivity index (χ3n) is 7.10. The molecule has 2 N–H and O–H groups in total. The topological polar surface area (TPSA) is 99.2 Å². The van der Waals surface area contributed by atoms with Crippen LogP contribution in [-0.2, 0) is 6.61 Å². The number of nitrogens with zero attached hydrogens (tertiary/aromatic N) is 2. The van der Waals surface area contributed by atoms with Crippen LogP contribution in [0.5, 0.6) is 5.75 Å². The normalized spacial score (nSPS) is 13.9. The second-order valence-corrected chi connectivity index (χ2v) is 9.72. The van der Waals surface area contributed by atoms with Gasteiger partial charge in [0.2, 0.25) is 0 Å². The fraction of sp³-hybridized carbons (Fsp3) is 0.323. The summed E-state index contributed by atoms with van der Waals surface area (Å²) in [5.74, 6) is -0.354. The highest BCUT2D eigenvalue weighted by Crippen LogP contribution is 2.27. The Morgan fingerprint density at radius 2 is 1.73 bits per heavy atom. The number of nitrogens with one attached hydrogen (secondary N) is 1. The number of hydrogen-bond donors (Lipinski definition) is 2. The SMILES string of the molecule is CCN(C(=O)O)c1ccc(OCc2ccccc2)cc1C(=O)NCCN1CCC(C(=O)c2ccc(F)cc2)CC1. The smallest absolute Gasteiger partial charge is 0.411 e. The lowest BCUT2D eigenvalue weighted by molar-refractivity contribution is 0.0839. The highest BCUT2D eigenvalue weighted by molar-refractivity contribution is 6.03. The number of amides is 2. The van der Waals surface area contributed by atoms with E-state index in [-0.39, 0.29) is 35.5 Å². The third kappa shape index (κ3) is 7.45. The van der Waals surface area contributed by atoms with Gasteiger partial charge in [-0.15, -0.1) is 0 Å². The summed E-state index contributed by atoms with van der Waals surface area (Å²) in [6.07, 6.45) is 0.241. The van der Waals surface area contributed by atoms with Crippen molar-refractivity contribution in [2.75, 3.05) is 37.6 Å². The predicted molar refractivity (Wildman–Crippen MR) is 150 cm³/mol. The van der Waals surface area contributed by atoms with Gasteiger partial charge < -0.3 is 20.1 Å². The van der Waals surface area contributed by atoms with Crippen molar-refractivity contribution in [3.05, 3.63) is 95.3 Å². The Hall–Kier alpha value is -4.24. The van der Waals surface area contributed by atoms with E-state index in [1.54, 1.807) is 25.1 Å². The number of hydrogen-bond acceptors (Lipinski definition) is 5. The summed E-state index contributed by atoms with van der Waals surface area (Å²) >= 11 is 0. The number of rotatable bonds is 11. The molecule has 0 radical (unpaired) electrons. The fourth-order valence-corrected chi connectivity index (χ4v) is 4.86. The predicted octanol–water partition coefficient (Wildman–Crippen LogP) is 5.23. The van der Waals surface area contributed by atoms with E-state index in [0.717, 1.165) is 10.5 Å². The van der Waals surface area contributed by atoms with Crippen molar-refractivity contribution in [2.45, 2.75) is 26.4 Å². The van der Waals surface area contributed by atoms with Gasteiger partial charge in [0.05, 0.1) is 11.3 Å². The van der Waals surface area contributed by atoms with Crippen molar-refractivity contribution in [1.29, 1.82) is 0 Å². The summed E-state index contributed by atoms with van der Waals surface area (Å²) in [6, 6.07) is 20.1. The van der Waals surface area contributed by atoms with Crippen LogP contribution in [0.2, 0.25) is 0 Å². The van der Waals surface area contributed by atoms with E-state index in [1.165, 1.54) is 24.3 Å². The van der Waals surface area contributed by atoms with Crippen LogP contribution in [0, 0.1) is 11.7 Å². The number of carbonyl (C=O) groups excluding carboxylic acids is 2. The molecule has 9 heteroatoms. The van der Waals surface area contributed by atoms with Gasteiger partial charge in [-0.05, 0) is 80.9 Å². The quantitative estimate of drug-likeness (QED) is 0.319. The van der Waals surface area contributed by atoms with Crippen LogP contribution in [0.15, 0.2) is 72.8 Å². The molecule has 8 nitrogen and oxygen atoms in total. The molecule has 210 valence electrons. The summed E-state index contributed by atoms with van der Waals surface area (Å²) in [5, 5.41) is 12.6.